The zero-order chi connectivity index (χ0) is 24.4. The number of methoxy groups -OCH3 is 2. The van der Waals surface area contributed by atoms with Gasteiger partial charge >= 0.3 is 0 Å². The molecule has 5 rings (SSSR count). The normalized spacial score (nSPS) is 11.1. The van der Waals surface area contributed by atoms with Crippen molar-refractivity contribution in [1.29, 1.82) is 0 Å². The lowest BCUT2D eigenvalue weighted by molar-refractivity contribution is 0.414. The van der Waals surface area contributed by atoms with Gasteiger partial charge in [0.25, 0.3) is 5.56 Å². The van der Waals surface area contributed by atoms with Crippen LogP contribution in [-0.2, 0) is 5.75 Å². The van der Waals surface area contributed by atoms with Crippen molar-refractivity contribution >= 4 is 22.7 Å². The monoisotopic (exact) mass is 485 g/mol. The van der Waals surface area contributed by atoms with Crippen molar-refractivity contribution in [2.75, 3.05) is 14.2 Å². The Morgan fingerprint density at radius 3 is 2.43 bits per heavy atom. The van der Waals surface area contributed by atoms with Crippen LogP contribution in [0.2, 0.25) is 0 Å². The second-order valence-electron chi connectivity index (χ2n) is 7.76. The third kappa shape index (κ3) is 4.40. The van der Waals surface area contributed by atoms with Crippen LogP contribution in [0.5, 0.6) is 11.5 Å². The highest BCUT2D eigenvalue weighted by molar-refractivity contribution is 7.98. The van der Waals surface area contributed by atoms with E-state index in [0.29, 0.717) is 50.6 Å². The van der Waals surface area contributed by atoms with Crippen LogP contribution < -0.4 is 15.0 Å². The Kier molecular flexibility index (Phi) is 6.29. The van der Waals surface area contributed by atoms with Gasteiger partial charge in [-0.25, -0.2) is 9.97 Å². The molecular formula is C27H23N3O4S. The van der Waals surface area contributed by atoms with Gasteiger partial charge in [-0.05, 0) is 55.5 Å². The topological polar surface area (TPSA) is 79.4 Å². The minimum atomic E-state index is -0.130. The molecular weight excluding hydrogens is 462 g/mol. The molecule has 176 valence electrons. The Labute approximate surface area is 206 Å². The summed E-state index contributed by atoms with van der Waals surface area (Å²) in [5.41, 5.74) is 2.79. The lowest BCUT2D eigenvalue weighted by Gasteiger charge is -2.13. The second kappa shape index (κ2) is 9.68. The van der Waals surface area contributed by atoms with Gasteiger partial charge in [0.1, 0.15) is 17.3 Å². The Morgan fingerprint density at radius 2 is 1.66 bits per heavy atom. The van der Waals surface area contributed by atoms with Crippen molar-refractivity contribution in [3.05, 3.63) is 94.6 Å². The molecule has 0 unspecified atom stereocenters. The minimum absolute atomic E-state index is 0.130. The largest absolute Gasteiger partial charge is 0.497 e. The average molecular weight is 486 g/mol. The molecule has 0 aliphatic carbocycles. The van der Waals surface area contributed by atoms with Gasteiger partial charge in [0.2, 0.25) is 5.89 Å². The summed E-state index contributed by atoms with van der Waals surface area (Å²) in [5.74, 6) is 3.09. The summed E-state index contributed by atoms with van der Waals surface area (Å²) in [6.45, 7) is 1.88. The van der Waals surface area contributed by atoms with Gasteiger partial charge in [-0.2, -0.15) is 0 Å². The summed E-state index contributed by atoms with van der Waals surface area (Å²) in [5, 5.41) is 1.13. The minimum Gasteiger partial charge on any atom is -0.497 e. The van der Waals surface area contributed by atoms with Crippen LogP contribution in [0.15, 0.2) is 87.2 Å². The summed E-state index contributed by atoms with van der Waals surface area (Å²) in [6, 6.07) is 22.3. The molecule has 0 atom stereocenters. The number of rotatable bonds is 7. The first-order chi connectivity index (χ1) is 17.1. The second-order valence-corrected chi connectivity index (χ2v) is 8.70. The standard InChI is InChI=1S/C27H23N3O4S/c1-17-23(28-25(34-17)21-9-5-7-11-24(21)33-3)16-35-27-29-22-10-6-4-8-20(22)26(31)30(27)18-12-14-19(32-2)15-13-18/h4-15H,16H2,1-3H3. The highest BCUT2D eigenvalue weighted by atomic mass is 32.2. The van der Waals surface area contributed by atoms with E-state index in [1.807, 2.05) is 73.7 Å². The van der Waals surface area contributed by atoms with Crippen molar-refractivity contribution in [3.8, 4) is 28.6 Å². The molecule has 3 aromatic carbocycles. The first-order valence-electron chi connectivity index (χ1n) is 11.0. The summed E-state index contributed by atoms with van der Waals surface area (Å²) in [7, 11) is 3.23. The fraction of sp³-hybridized carbons (Fsp3) is 0.148. The van der Waals surface area contributed by atoms with Crippen molar-refractivity contribution in [2.24, 2.45) is 0 Å². The van der Waals surface area contributed by atoms with Crippen molar-refractivity contribution < 1.29 is 13.9 Å². The number of hydrogen-bond acceptors (Lipinski definition) is 7. The number of fused-ring (bicyclic) bond motifs is 1. The van der Waals surface area contributed by atoms with E-state index in [4.69, 9.17) is 23.9 Å². The quantitative estimate of drug-likeness (QED) is 0.217. The number of ether oxygens (including phenoxy) is 2. The smallest absolute Gasteiger partial charge is 0.266 e. The van der Waals surface area contributed by atoms with Gasteiger partial charge in [-0.1, -0.05) is 36.0 Å². The Bertz CT molecular complexity index is 1560. The molecule has 2 heterocycles. The van der Waals surface area contributed by atoms with Crippen LogP contribution >= 0.6 is 11.8 Å². The third-order valence-electron chi connectivity index (χ3n) is 5.64. The molecule has 0 aliphatic heterocycles. The highest BCUT2D eigenvalue weighted by Crippen LogP contribution is 2.32. The average Bonchev–Trinajstić information content (AvgIpc) is 3.27. The molecule has 35 heavy (non-hydrogen) atoms. The number of nitrogens with zero attached hydrogens (tertiary/aromatic N) is 3. The number of aryl methyl sites for hydroxylation is 1. The van der Waals surface area contributed by atoms with Gasteiger partial charge in [-0.3, -0.25) is 9.36 Å². The van der Waals surface area contributed by atoms with E-state index >= 15 is 0 Å². The van der Waals surface area contributed by atoms with E-state index in [-0.39, 0.29) is 5.56 Å². The Morgan fingerprint density at radius 1 is 0.914 bits per heavy atom. The van der Waals surface area contributed by atoms with E-state index in [2.05, 4.69) is 0 Å². The molecule has 0 fully saturated rings. The number of thioether (sulfide) groups is 1. The summed E-state index contributed by atoms with van der Waals surface area (Å²) in [6.07, 6.45) is 0. The molecule has 2 aromatic heterocycles. The molecule has 0 saturated heterocycles. The first-order valence-corrected chi connectivity index (χ1v) is 12.0. The molecule has 0 radical (unpaired) electrons. The number of para-hydroxylation sites is 2. The predicted octanol–water partition coefficient (Wildman–Crippen LogP) is 5.66. The molecule has 0 spiro atoms. The number of benzene rings is 3. The van der Waals surface area contributed by atoms with Crippen LogP contribution in [0.4, 0.5) is 0 Å². The van der Waals surface area contributed by atoms with Crippen molar-refractivity contribution in [2.45, 2.75) is 17.8 Å². The molecule has 0 amide bonds. The number of oxazole rings is 1. The van der Waals surface area contributed by atoms with E-state index < -0.39 is 0 Å². The Hall–Kier alpha value is -4.04. The maximum absolute atomic E-state index is 13.5. The van der Waals surface area contributed by atoms with Crippen LogP contribution in [0, 0.1) is 6.92 Å². The maximum Gasteiger partial charge on any atom is 0.266 e. The molecule has 0 aliphatic rings. The van der Waals surface area contributed by atoms with E-state index in [1.54, 1.807) is 24.9 Å². The van der Waals surface area contributed by atoms with Crippen LogP contribution in [0.25, 0.3) is 28.0 Å². The summed E-state index contributed by atoms with van der Waals surface area (Å²) >= 11 is 1.43. The summed E-state index contributed by atoms with van der Waals surface area (Å²) < 4.78 is 18.3. The predicted molar refractivity (Wildman–Crippen MR) is 137 cm³/mol. The lowest BCUT2D eigenvalue weighted by atomic mass is 10.2. The summed E-state index contributed by atoms with van der Waals surface area (Å²) in [4.78, 5) is 23.0. The molecule has 8 heteroatoms. The fourth-order valence-corrected chi connectivity index (χ4v) is 4.81. The Balaban J connectivity index is 1.53. The number of aromatic nitrogens is 3. The molecule has 0 saturated carbocycles. The molecule has 7 nitrogen and oxygen atoms in total. The van der Waals surface area contributed by atoms with Crippen molar-refractivity contribution in [1.82, 2.24) is 14.5 Å². The maximum atomic E-state index is 13.5. The fourth-order valence-electron chi connectivity index (χ4n) is 3.80. The van der Waals surface area contributed by atoms with Gasteiger partial charge in [0.05, 0.1) is 42.1 Å². The zero-order valence-corrected chi connectivity index (χ0v) is 20.3. The number of hydrogen-bond donors (Lipinski definition) is 0. The highest BCUT2D eigenvalue weighted by Gasteiger charge is 2.18. The molecule has 5 aromatic rings. The zero-order valence-electron chi connectivity index (χ0n) is 19.5. The first kappa shape index (κ1) is 22.7. The van der Waals surface area contributed by atoms with Crippen molar-refractivity contribution in [3.63, 3.8) is 0 Å². The van der Waals surface area contributed by atoms with Gasteiger partial charge in [0, 0.05) is 5.75 Å². The lowest BCUT2D eigenvalue weighted by Crippen LogP contribution is -2.21. The van der Waals surface area contributed by atoms with E-state index in [9.17, 15) is 4.79 Å². The van der Waals surface area contributed by atoms with E-state index in [1.165, 1.54) is 11.8 Å². The van der Waals surface area contributed by atoms with Gasteiger partial charge < -0.3 is 13.9 Å². The van der Waals surface area contributed by atoms with E-state index in [0.717, 1.165) is 11.3 Å². The van der Waals surface area contributed by atoms with Crippen LogP contribution in [0.3, 0.4) is 0 Å². The molecule has 0 bridgehead atoms. The van der Waals surface area contributed by atoms with Crippen LogP contribution in [-0.4, -0.2) is 28.8 Å². The third-order valence-corrected chi connectivity index (χ3v) is 6.59. The van der Waals surface area contributed by atoms with Gasteiger partial charge in [-0.15, -0.1) is 0 Å². The SMILES string of the molecule is COc1ccc(-n2c(SCc3nc(-c4ccccc4OC)oc3C)nc3ccccc3c2=O)cc1. The molecule has 0 N–H and O–H groups in total. The van der Waals surface area contributed by atoms with Crippen LogP contribution in [0.1, 0.15) is 11.5 Å². The van der Waals surface area contributed by atoms with Gasteiger partial charge in [0.15, 0.2) is 5.16 Å².